The van der Waals surface area contributed by atoms with Crippen LogP contribution in [0.3, 0.4) is 0 Å². The Kier molecular flexibility index (Phi) is 6.12. The molecule has 0 fully saturated rings. The van der Waals surface area contributed by atoms with Crippen LogP contribution in [0, 0.1) is 4.91 Å². The maximum absolute atomic E-state index is 10.7. The molecule has 0 saturated carbocycles. The van der Waals surface area contributed by atoms with Gasteiger partial charge in [-0.25, -0.2) is 0 Å². The van der Waals surface area contributed by atoms with Crippen molar-refractivity contribution in [2.24, 2.45) is 11.1 Å². The van der Waals surface area contributed by atoms with E-state index < -0.39 is 11.8 Å². The van der Waals surface area contributed by atoms with Gasteiger partial charge in [0.05, 0.1) is 0 Å². The SMILES string of the molecule is NC(=O)CC(=O)NCCCON=O. The van der Waals surface area contributed by atoms with Gasteiger partial charge in [0, 0.05) is 13.0 Å². The first kappa shape index (κ1) is 11.3. The van der Waals surface area contributed by atoms with Crippen molar-refractivity contribution in [3.05, 3.63) is 4.91 Å². The Labute approximate surface area is 74.5 Å². The van der Waals surface area contributed by atoms with Crippen LogP contribution in [0.1, 0.15) is 12.8 Å². The van der Waals surface area contributed by atoms with E-state index in [0.717, 1.165) is 0 Å². The summed E-state index contributed by atoms with van der Waals surface area (Å²) in [6, 6.07) is 0. The fourth-order valence-electron chi connectivity index (χ4n) is 0.623. The van der Waals surface area contributed by atoms with Crippen LogP contribution in [0.15, 0.2) is 5.34 Å². The van der Waals surface area contributed by atoms with E-state index in [4.69, 9.17) is 5.73 Å². The number of hydrogen-bond acceptors (Lipinski definition) is 5. The lowest BCUT2D eigenvalue weighted by atomic mass is 10.3. The Morgan fingerprint density at radius 3 is 2.69 bits per heavy atom. The second-order valence-electron chi connectivity index (χ2n) is 2.25. The predicted octanol–water partition coefficient (Wildman–Crippen LogP) is -0.934. The monoisotopic (exact) mass is 189 g/mol. The number of carbonyl (C=O) groups excluding carboxylic acids is 2. The summed E-state index contributed by atoms with van der Waals surface area (Å²) in [5.41, 5.74) is 4.76. The molecular formula is C6H11N3O4. The molecule has 0 rings (SSSR count). The van der Waals surface area contributed by atoms with Crippen molar-refractivity contribution in [2.45, 2.75) is 12.8 Å². The molecule has 0 aliphatic heterocycles. The average molecular weight is 189 g/mol. The summed E-state index contributed by atoms with van der Waals surface area (Å²) in [6.07, 6.45) is 0.128. The van der Waals surface area contributed by atoms with Gasteiger partial charge in [-0.3, -0.25) is 9.59 Å². The van der Waals surface area contributed by atoms with E-state index in [0.29, 0.717) is 13.0 Å². The summed E-state index contributed by atoms with van der Waals surface area (Å²) in [6.45, 7) is 0.460. The summed E-state index contributed by atoms with van der Waals surface area (Å²) in [5, 5.41) is 4.57. The van der Waals surface area contributed by atoms with Gasteiger partial charge >= 0.3 is 0 Å². The molecule has 7 nitrogen and oxygen atoms in total. The zero-order valence-electron chi connectivity index (χ0n) is 6.99. The van der Waals surface area contributed by atoms with Gasteiger partial charge in [-0.05, 0) is 0 Å². The molecule has 0 radical (unpaired) electrons. The number of rotatable bonds is 7. The Morgan fingerprint density at radius 2 is 2.15 bits per heavy atom. The minimum absolute atomic E-state index is 0.139. The molecule has 74 valence electrons. The summed E-state index contributed by atoms with van der Waals surface area (Å²) < 4.78 is 0. The molecule has 0 aromatic carbocycles. The minimum atomic E-state index is -0.677. The van der Waals surface area contributed by atoms with Gasteiger partial charge in [0.1, 0.15) is 13.0 Å². The van der Waals surface area contributed by atoms with Crippen LogP contribution in [0.2, 0.25) is 0 Å². The van der Waals surface area contributed by atoms with Crippen LogP contribution in [0.5, 0.6) is 0 Å². The molecule has 0 aromatic heterocycles. The summed E-state index contributed by atoms with van der Waals surface area (Å²) in [5.74, 6) is -1.12. The largest absolute Gasteiger partial charge is 0.369 e. The Bertz CT molecular complexity index is 194. The molecule has 0 saturated heterocycles. The lowest BCUT2D eigenvalue weighted by Gasteiger charge is -2.01. The second kappa shape index (κ2) is 7.01. The van der Waals surface area contributed by atoms with Gasteiger partial charge in [-0.1, -0.05) is 0 Å². The normalized spacial score (nSPS) is 8.92. The molecule has 0 atom stereocenters. The number of hydrogen-bond donors (Lipinski definition) is 2. The molecule has 0 aromatic rings. The lowest BCUT2D eigenvalue weighted by Crippen LogP contribution is -2.29. The highest BCUT2D eigenvalue weighted by Crippen LogP contribution is 1.82. The standard InChI is InChI=1S/C6H11N3O4/c7-5(10)4-6(11)8-2-1-3-13-9-12/h1-4H2,(H2,7,10)(H,8,11). The van der Waals surface area contributed by atoms with E-state index in [1.165, 1.54) is 0 Å². The maximum atomic E-state index is 10.7. The summed E-state index contributed by atoms with van der Waals surface area (Å²) in [7, 11) is 0. The highest BCUT2D eigenvalue weighted by molar-refractivity contribution is 5.95. The third kappa shape index (κ3) is 8.24. The highest BCUT2D eigenvalue weighted by atomic mass is 16.7. The Balaban J connectivity index is 3.26. The second-order valence-corrected chi connectivity index (χ2v) is 2.25. The number of carbonyl (C=O) groups is 2. The smallest absolute Gasteiger partial charge is 0.229 e. The number of nitrogens with one attached hydrogen (secondary N) is 1. The van der Waals surface area contributed by atoms with E-state index in [-0.39, 0.29) is 13.0 Å². The van der Waals surface area contributed by atoms with Crippen LogP contribution in [-0.4, -0.2) is 25.0 Å². The number of amides is 2. The Morgan fingerprint density at radius 1 is 1.46 bits per heavy atom. The minimum Gasteiger partial charge on any atom is -0.369 e. The van der Waals surface area contributed by atoms with Crippen molar-refractivity contribution in [2.75, 3.05) is 13.2 Å². The average Bonchev–Trinajstić information content (AvgIpc) is 2.02. The molecule has 0 unspecified atom stereocenters. The van der Waals surface area contributed by atoms with Gasteiger partial charge in [0.25, 0.3) is 0 Å². The molecule has 3 N–H and O–H groups in total. The van der Waals surface area contributed by atoms with E-state index in [2.05, 4.69) is 15.5 Å². The molecule has 0 bridgehead atoms. The van der Waals surface area contributed by atoms with Gasteiger partial charge in [0.15, 0.2) is 5.34 Å². The van der Waals surface area contributed by atoms with Crippen LogP contribution < -0.4 is 11.1 Å². The van der Waals surface area contributed by atoms with Gasteiger partial charge in [-0.2, -0.15) is 0 Å². The van der Waals surface area contributed by atoms with Crippen LogP contribution >= 0.6 is 0 Å². The molecule has 0 heterocycles. The zero-order chi connectivity index (χ0) is 10.1. The maximum Gasteiger partial charge on any atom is 0.229 e. The van der Waals surface area contributed by atoms with Crippen LogP contribution in [-0.2, 0) is 14.4 Å². The topological polar surface area (TPSA) is 111 Å². The molecule has 7 heteroatoms. The van der Waals surface area contributed by atoms with E-state index in [1.807, 2.05) is 0 Å². The van der Waals surface area contributed by atoms with Crippen molar-refractivity contribution < 1.29 is 14.4 Å². The third-order valence-corrected chi connectivity index (χ3v) is 1.12. The first-order valence-electron chi connectivity index (χ1n) is 3.66. The molecule has 0 aliphatic carbocycles. The zero-order valence-corrected chi connectivity index (χ0v) is 6.99. The van der Waals surface area contributed by atoms with Crippen molar-refractivity contribution in [3.63, 3.8) is 0 Å². The van der Waals surface area contributed by atoms with Gasteiger partial charge in [-0.15, -0.1) is 4.91 Å². The fourth-order valence-corrected chi connectivity index (χ4v) is 0.623. The van der Waals surface area contributed by atoms with Crippen molar-refractivity contribution in [3.8, 4) is 0 Å². The lowest BCUT2D eigenvalue weighted by molar-refractivity contribution is -0.127. The number of primary amides is 1. The number of nitrogens with zero attached hydrogens (tertiary/aromatic N) is 1. The van der Waals surface area contributed by atoms with Crippen LogP contribution in [0.4, 0.5) is 0 Å². The first-order valence-corrected chi connectivity index (χ1v) is 3.66. The summed E-state index contributed by atoms with van der Waals surface area (Å²) in [4.78, 5) is 34.5. The Hall–Kier alpha value is -1.66. The molecule has 0 spiro atoms. The third-order valence-electron chi connectivity index (χ3n) is 1.12. The van der Waals surface area contributed by atoms with Crippen molar-refractivity contribution >= 4 is 11.8 Å². The molecule has 2 amide bonds. The number of nitrogens with two attached hydrogens (primary N) is 1. The molecule has 13 heavy (non-hydrogen) atoms. The van der Waals surface area contributed by atoms with E-state index in [1.54, 1.807) is 0 Å². The van der Waals surface area contributed by atoms with Crippen LogP contribution in [0.25, 0.3) is 0 Å². The van der Waals surface area contributed by atoms with Gasteiger partial charge in [0.2, 0.25) is 11.8 Å². The van der Waals surface area contributed by atoms with Gasteiger partial charge < -0.3 is 15.9 Å². The highest BCUT2D eigenvalue weighted by Gasteiger charge is 2.03. The summed E-state index contributed by atoms with van der Waals surface area (Å²) >= 11 is 0. The first-order chi connectivity index (χ1) is 6.16. The fraction of sp³-hybridized carbons (Fsp3) is 0.667. The van der Waals surface area contributed by atoms with E-state index >= 15 is 0 Å². The predicted molar refractivity (Wildman–Crippen MR) is 43.2 cm³/mol. The molecular weight excluding hydrogens is 178 g/mol. The molecule has 0 aliphatic rings. The van der Waals surface area contributed by atoms with Crippen molar-refractivity contribution in [1.82, 2.24) is 5.32 Å². The van der Waals surface area contributed by atoms with Crippen molar-refractivity contribution in [1.29, 1.82) is 0 Å². The van der Waals surface area contributed by atoms with E-state index in [9.17, 15) is 14.5 Å². The quantitative estimate of drug-likeness (QED) is 0.233.